The van der Waals surface area contributed by atoms with Crippen LogP contribution >= 0.6 is 0 Å². The average Bonchev–Trinajstić information content (AvgIpc) is 3.00. The highest BCUT2D eigenvalue weighted by molar-refractivity contribution is 7.91. The molecule has 2 atom stereocenters. The van der Waals surface area contributed by atoms with E-state index in [2.05, 4.69) is 0 Å². The summed E-state index contributed by atoms with van der Waals surface area (Å²) in [5.74, 6) is 0.654. The minimum absolute atomic E-state index is 0.0972. The van der Waals surface area contributed by atoms with Crippen molar-refractivity contribution in [3.05, 3.63) is 29.1 Å². The molecule has 0 aromatic heterocycles. The lowest BCUT2D eigenvalue weighted by molar-refractivity contribution is 0.162. The number of halogens is 1. The molecule has 2 N–H and O–H groups in total. The molecule has 1 saturated heterocycles. The Morgan fingerprint density at radius 2 is 2.24 bits per heavy atom. The van der Waals surface area contributed by atoms with E-state index >= 15 is 0 Å². The summed E-state index contributed by atoms with van der Waals surface area (Å²) < 4.78 is 42.9. The van der Waals surface area contributed by atoms with Crippen LogP contribution in [0.5, 0.6) is 5.75 Å². The van der Waals surface area contributed by atoms with Gasteiger partial charge in [0.15, 0.2) is 9.84 Å². The van der Waals surface area contributed by atoms with E-state index in [4.69, 9.17) is 10.5 Å². The van der Waals surface area contributed by atoms with E-state index < -0.39 is 9.84 Å². The van der Waals surface area contributed by atoms with Crippen molar-refractivity contribution < 1.29 is 17.5 Å². The Bertz CT molecular complexity index is 662. The van der Waals surface area contributed by atoms with Gasteiger partial charge in [-0.25, -0.2) is 12.8 Å². The number of sulfone groups is 1. The first-order chi connectivity index (χ1) is 9.96. The zero-order chi connectivity index (χ0) is 15.2. The molecule has 21 heavy (non-hydrogen) atoms. The van der Waals surface area contributed by atoms with E-state index in [0.717, 1.165) is 5.56 Å². The molecule has 2 heterocycles. The Morgan fingerprint density at radius 1 is 1.48 bits per heavy atom. The summed E-state index contributed by atoms with van der Waals surface area (Å²) in [7, 11) is -1.44. The molecule has 0 bridgehead atoms. The van der Waals surface area contributed by atoms with E-state index in [-0.39, 0.29) is 36.0 Å². The molecule has 0 amide bonds. The van der Waals surface area contributed by atoms with Gasteiger partial charge in [0.05, 0.1) is 24.7 Å². The Balaban J connectivity index is 1.98. The molecule has 2 unspecified atom stereocenters. The second-order valence-corrected chi connectivity index (χ2v) is 7.85. The zero-order valence-electron chi connectivity index (χ0n) is 11.9. The lowest BCUT2D eigenvalue weighted by Crippen LogP contribution is -2.38. The number of nitrogens with two attached hydrogens (primary N) is 1. The van der Waals surface area contributed by atoms with Gasteiger partial charge in [0.25, 0.3) is 0 Å². The van der Waals surface area contributed by atoms with E-state index in [1.165, 1.54) is 6.07 Å². The van der Waals surface area contributed by atoms with Crippen LogP contribution in [-0.4, -0.2) is 44.5 Å². The van der Waals surface area contributed by atoms with Crippen LogP contribution in [0, 0.1) is 5.82 Å². The average molecular weight is 314 g/mol. The van der Waals surface area contributed by atoms with E-state index in [0.29, 0.717) is 24.3 Å². The number of nitrogens with zero attached hydrogens (tertiary/aromatic N) is 1. The predicted molar refractivity (Wildman–Crippen MR) is 77.3 cm³/mol. The zero-order valence-corrected chi connectivity index (χ0v) is 12.7. The normalized spacial score (nSPS) is 27.8. The summed E-state index contributed by atoms with van der Waals surface area (Å²) in [5.41, 5.74) is 7.18. The first kappa shape index (κ1) is 14.7. The Kier molecular flexibility index (Phi) is 3.67. The summed E-state index contributed by atoms with van der Waals surface area (Å²) in [6.07, 6.45) is 0.580. The fraction of sp³-hybridized carbons (Fsp3) is 0.571. The van der Waals surface area contributed by atoms with Crippen LogP contribution in [0.25, 0.3) is 0 Å². The Labute approximate surface area is 123 Å². The maximum absolute atomic E-state index is 14.2. The maximum Gasteiger partial charge on any atom is 0.151 e. The molecule has 3 rings (SSSR count). The molecule has 0 saturated carbocycles. The Morgan fingerprint density at radius 3 is 2.81 bits per heavy atom. The molecule has 0 spiro atoms. The molecule has 5 nitrogen and oxygen atoms in total. The van der Waals surface area contributed by atoms with Crippen molar-refractivity contribution in [3.63, 3.8) is 0 Å². The van der Waals surface area contributed by atoms with Crippen molar-refractivity contribution >= 4 is 9.84 Å². The minimum Gasteiger partial charge on any atom is -0.496 e. The van der Waals surface area contributed by atoms with Gasteiger partial charge in [-0.05, 0) is 18.6 Å². The smallest absolute Gasteiger partial charge is 0.151 e. The van der Waals surface area contributed by atoms with E-state index in [1.807, 2.05) is 4.90 Å². The van der Waals surface area contributed by atoms with Crippen molar-refractivity contribution in [2.24, 2.45) is 5.73 Å². The van der Waals surface area contributed by atoms with Gasteiger partial charge in [-0.1, -0.05) is 0 Å². The lowest BCUT2D eigenvalue weighted by Gasteiger charge is -2.29. The van der Waals surface area contributed by atoms with Crippen molar-refractivity contribution in [2.45, 2.75) is 25.0 Å². The topological polar surface area (TPSA) is 72.6 Å². The number of hydrogen-bond donors (Lipinski definition) is 1. The maximum atomic E-state index is 14.2. The molecular formula is C14H19FN2O3S. The van der Waals surface area contributed by atoms with Gasteiger partial charge in [0.1, 0.15) is 11.6 Å². The molecular weight excluding hydrogens is 295 g/mol. The first-order valence-electron chi connectivity index (χ1n) is 6.98. The van der Waals surface area contributed by atoms with Crippen LogP contribution in [0.2, 0.25) is 0 Å². The monoisotopic (exact) mass is 314 g/mol. The van der Waals surface area contributed by atoms with Crippen molar-refractivity contribution in [2.75, 3.05) is 25.2 Å². The van der Waals surface area contributed by atoms with Gasteiger partial charge >= 0.3 is 0 Å². The van der Waals surface area contributed by atoms with Gasteiger partial charge in [-0.2, -0.15) is 0 Å². The molecule has 1 aromatic rings. The summed E-state index contributed by atoms with van der Waals surface area (Å²) in [6.45, 7) is 0.742. The fourth-order valence-electron chi connectivity index (χ4n) is 3.46. The van der Waals surface area contributed by atoms with Crippen molar-refractivity contribution in [1.29, 1.82) is 0 Å². The van der Waals surface area contributed by atoms with Crippen LogP contribution in [0.4, 0.5) is 4.39 Å². The fourth-order valence-corrected chi connectivity index (χ4v) is 5.21. The van der Waals surface area contributed by atoms with Crippen LogP contribution in [-0.2, 0) is 16.4 Å². The van der Waals surface area contributed by atoms with Crippen molar-refractivity contribution in [1.82, 2.24) is 4.90 Å². The largest absolute Gasteiger partial charge is 0.496 e. The summed E-state index contributed by atoms with van der Waals surface area (Å²) in [6, 6.07) is 2.61. The van der Waals surface area contributed by atoms with Gasteiger partial charge in [-0.15, -0.1) is 0 Å². The third-order valence-electron chi connectivity index (χ3n) is 4.46. The van der Waals surface area contributed by atoms with Gasteiger partial charge in [0.2, 0.25) is 0 Å². The number of methoxy groups -OCH3 is 1. The number of hydrogen-bond acceptors (Lipinski definition) is 5. The summed E-state index contributed by atoms with van der Waals surface area (Å²) in [4.78, 5) is 2.01. The standard InChI is InChI=1S/C14H19FN2O3S/c1-20-13-3-2-11(15)14-10(13)7-17(12(14)6-16)9-4-5-21(18,19)8-9/h2-3,9,12H,4-8,16H2,1H3. The van der Waals surface area contributed by atoms with Gasteiger partial charge < -0.3 is 10.5 Å². The molecule has 1 aromatic carbocycles. The first-order valence-corrected chi connectivity index (χ1v) is 8.80. The highest BCUT2D eigenvalue weighted by Crippen LogP contribution is 2.42. The second-order valence-electron chi connectivity index (χ2n) is 5.62. The number of fused-ring (bicyclic) bond motifs is 1. The third kappa shape index (κ3) is 2.43. The van der Waals surface area contributed by atoms with Crippen LogP contribution in [0.3, 0.4) is 0 Å². The third-order valence-corrected chi connectivity index (χ3v) is 6.21. The van der Waals surface area contributed by atoms with Crippen LogP contribution < -0.4 is 10.5 Å². The molecule has 0 radical (unpaired) electrons. The van der Waals surface area contributed by atoms with Crippen molar-refractivity contribution in [3.8, 4) is 5.75 Å². The van der Waals surface area contributed by atoms with Gasteiger partial charge in [-0.3, -0.25) is 4.90 Å². The highest BCUT2D eigenvalue weighted by Gasteiger charge is 2.41. The van der Waals surface area contributed by atoms with E-state index in [9.17, 15) is 12.8 Å². The summed E-state index contributed by atoms with van der Waals surface area (Å²) >= 11 is 0. The quantitative estimate of drug-likeness (QED) is 0.895. The molecule has 2 aliphatic rings. The van der Waals surface area contributed by atoms with Gasteiger partial charge in [0, 0.05) is 30.3 Å². The molecule has 0 aliphatic carbocycles. The summed E-state index contributed by atoms with van der Waals surface area (Å²) in [5, 5.41) is 0. The second kappa shape index (κ2) is 5.23. The molecule has 7 heteroatoms. The number of benzene rings is 1. The SMILES string of the molecule is COc1ccc(F)c2c1CN(C1CCS(=O)(=O)C1)C2CN. The molecule has 2 aliphatic heterocycles. The van der Waals surface area contributed by atoms with Crippen LogP contribution in [0.15, 0.2) is 12.1 Å². The highest BCUT2D eigenvalue weighted by atomic mass is 32.2. The van der Waals surface area contributed by atoms with Crippen LogP contribution in [0.1, 0.15) is 23.6 Å². The van der Waals surface area contributed by atoms with E-state index in [1.54, 1.807) is 13.2 Å². The molecule has 1 fully saturated rings. The number of ether oxygens (including phenoxy) is 1. The number of rotatable bonds is 3. The molecule has 116 valence electrons. The minimum atomic E-state index is -2.99. The Hall–Kier alpha value is -1.18. The lowest BCUT2D eigenvalue weighted by atomic mass is 10.0. The predicted octanol–water partition coefficient (Wildman–Crippen LogP) is 0.837.